The van der Waals surface area contributed by atoms with Crippen molar-refractivity contribution in [1.29, 1.82) is 0 Å². The van der Waals surface area contributed by atoms with Gasteiger partial charge in [-0.2, -0.15) is 0 Å². The number of nitrogens with zero attached hydrogens (tertiary/aromatic N) is 1. The summed E-state index contributed by atoms with van der Waals surface area (Å²) in [4.78, 5) is 17.1. The van der Waals surface area contributed by atoms with Crippen LogP contribution < -0.4 is 0 Å². The van der Waals surface area contributed by atoms with Crippen LogP contribution >= 0.6 is 11.3 Å². The Balaban J connectivity index is 1.75. The second-order valence-electron chi connectivity index (χ2n) is 4.49. The molecule has 1 unspecified atom stereocenters. The summed E-state index contributed by atoms with van der Waals surface area (Å²) in [5.74, 6) is 0.657. The van der Waals surface area contributed by atoms with E-state index in [4.69, 9.17) is 0 Å². The van der Waals surface area contributed by atoms with Crippen LogP contribution in [0.3, 0.4) is 0 Å². The van der Waals surface area contributed by atoms with E-state index in [2.05, 4.69) is 23.2 Å². The van der Waals surface area contributed by atoms with Gasteiger partial charge in [-0.1, -0.05) is 24.3 Å². The Kier molecular flexibility index (Phi) is 2.56. The maximum absolute atomic E-state index is 12.1. The fourth-order valence-corrected chi connectivity index (χ4v) is 3.19. The van der Waals surface area contributed by atoms with E-state index in [1.54, 1.807) is 5.51 Å². The minimum atomic E-state index is 0.240. The van der Waals surface area contributed by atoms with Crippen molar-refractivity contribution in [2.45, 2.75) is 25.7 Å². The molecule has 1 heterocycles. The number of benzene rings is 1. The summed E-state index contributed by atoms with van der Waals surface area (Å²) in [7, 11) is 0. The van der Waals surface area contributed by atoms with Crippen LogP contribution in [0.25, 0.3) is 0 Å². The van der Waals surface area contributed by atoms with E-state index >= 15 is 0 Å². The van der Waals surface area contributed by atoms with Gasteiger partial charge in [0.15, 0.2) is 5.78 Å². The minimum absolute atomic E-state index is 0.240. The van der Waals surface area contributed by atoms with E-state index in [1.807, 2.05) is 13.0 Å². The van der Waals surface area contributed by atoms with Crippen LogP contribution in [-0.2, 0) is 6.42 Å². The zero-order chi connectivity index (χ0) is 11.8. The lowest BCUT2D eigenvalue weighted by molar-refractivity contribution is 0.0973. The maximum atomic E-state index is 12.1. The van der Waals surface area contributed by atoms with E-state index in [-0.39, 0.29) is 5.78 Å². The Bertz CT molecular complexity index is 573. The molecule has 1 aliphatic carbocycles. The Labute approximate surface area is 104 Å². The molecular weight excluding hydrogens is 230 g/mol. The van der Waals surface area contributed by atoms with E-state index in [0.717, 1.165) is 17.0 Å². The fourth-order valence-electron chi connectivity index (χ4n) is 2.43. The number of aromatic nitrogens is 1. The van der Waals surface area contributed by atoms with Crippen LogP contribution in [0.4, 0.5) is 0 Å². The Morgan fingerprint density at radius 3 is 3.00 bits per heavy atom. The number of Topliss-reactive ketones (excluding diaryl/α,β-unsaturated/α-hetero) is 1. The SMILES string of the molecule is Cc1ncsc1C(=O)CC1Cc2ccccc21. The molecule has 0 fully saturated rings. The molecule has 3 heteroatoms. The lowest BCUT2D eigenvalue weighted by Crippen LogP contribution is -2.20. The summed E-state index contributed by atoms with van der Waals surface area (Å²) in [5.41, 5.74) is 5.36. The summed E-state index contributed by atoms with van der Waals surface area (Å²) in [6.45, 7) is 1.90. The summed E-state index contributed by atoms with van der Waals surface area (Å²) in [6.07, 6.45) is 1.67. The number of ketones is 1. The number of hydrogen-bond donors (Lipinski definition) is 0. The highest BCUT2D eigenvalue weighted by atomic mass is 32.1. The van der Waals surface area contributed by atoms with Gasteiger partial charge in [0.25, 0.3) is 0 Å². The topological polar surface area (TPSA) is 30.0 Å². The standard InChI is InChI=1S/C14H13NOS/c1-9-14(17-8-15-9)13(16)7-11-6-10-4-2-3-5-12(10)11/h2-5,8,11H,6-7H2,1H3. The molecule has 2 nitrogen and oxygen atoms in total. The average Bonchev–Trinajstić information content (AvgIpc) is 2.72. The third-order valence-electron chi connectivity index (χ3n) is 3.39. The molecule has 17 heavy (non-hydrogen) atoms. The second-order valence-corrected chi connectivity index (χ2v) is 5.35. The summed E-state index contributed by atoms with van der Waals surface area (Å²) >= 11 is 1.45. The monoisotopic (exact) mass is 243 g/mol. The van der Waals surface area contributed by atoms with Crippen LogP contribution in [0.2, 0.25) is 0 Å². The van der Waals surface area contributed by atoms with Crippen LogP contribution in [-0.4, -0.2) is 10.8 Å². The first-order valence-electron chi connectivity index (χ1n) is 5.77. The maximum Gasteiger partial charge on any atom is 0.175 e. The molecule has 2 aromatic rings. The molecule has 0 saturated carbocycles. The molecule has 1 aromatic carbocycles. The van der Waals surface area contributed by atoms with Crippen molar-refractivity contribution in [2.75, 3.05) is 0 Å². The Hall–Kier alpha value is -1.48. The zero-order valence-electron chi connectivity index (χ0n) is 9.64. The number of thiazole rings is 1. The van der Waals surface area contributed by atoms with Crippen molar-refractivity contribution >= 4 is 17.1 Å². The summed E-state index contributed by atoms with van der Waals surface area (Å²) < 4.78 is 0. The Morgan fingerprint density at radius 1 is 1.47 bits per heavy atom. The normalized spacial score (nSPS) is 17.4. The lowest BCUT2D eigenvalue weighted by Gasteiger charge is -2.29. The number of hydrogen-bond acceptors (Lipinski definition) is 3. The molecule has 3 rings (SSSR count). The molecular formula is C14H13NOS. The number of aryl methyl sites for hydroxylation is 1. The molecule has 0 amide bonds. The zero-order valence-corrected chi connectivity index (χ0v) is 10.5. The first-order chi connectivity index (χ1) is 8.25. The van der Waals surface area contributed by atoms with Gasteiger partial charge in [0.05, 0.1) is 16.1 Å². The first-order valence-corrected chi connectivity index (χ1v) is 6.65. The smallest absolute Gasteiger partial charge is 0.175 e. The number of carbonyl (C=O) groups excluding carboxylic acids is 1. The molecule has 0 N–H and O–H groups in total. The molecule has 0 aliphatic heterocycles. The van der Waals surface area contributed by atoms with Crippen molar-refractivity contribution in [3.63, 3.8) is 0 Å². The van der Waals surface area contributed by atoms with Gasteiger partial charge in [0.2, 0.25) is 0 Å². The van der Waals surface area contributed by atoms with Gasteiger partial charge in [-0.25, -0.2) is 4.98 Å². The van der Waals surface area contributed by atoms with Crippen molar-refractivity contribution < 1.29 is 4.79 Å². The first kappa shape index (κ1) is 10.7. The summed E-state index contributed by atoms with van der Waals surface area (Å²) in [5, 5.41) is 0. The predicted octanol–water partition coefficient (Wildman–Crippen LogP) is 3.36. The van der Waals surface area contributed by atoms with Crippen molar-refractivity contribution in [3.8, 4) is 0 Å². The quantitative estimate of drug-likeness (QED) is 0.774. The summed E-state index contributed by atoms with van der Waals surface area (Å²) in [6, 6.07) is 8.39. The van der Waals surface area contributed by atoms with Crippen LogP contribution in [0.15, 0.2) is 29.8 Å². The predicted molar refractivity (Wildman–Crippen MR) is 68.7 cm³/mol. The molecule has 1 atom stereocenters. The number of fused-ring (bicyclic) bond motifs is 1. The van der Waals surface area contributed by atoms with E-state index < -0.39 is 0 Å². The molecule has 86 valence electrons. The Morgan fingerprint density at radius 2 is 2.29 bits per heavy atom. The van der Waals surface area contributed by atoms with E-state index in [1.165, 1.54) is 22.5 Å². The second kappa shape index (κ2) is 4.08. The molecule has 0 saturated heterocycles. The molecule has 1 aromatic heterocycles. The molecule has 0 radical (unpaired) electrons. The van der Waals surface area contributed by atoms with Gasteiger partial charge in [0.1, 0.15) is 0 Å². The van der Waals surface area contributed by atoms with Crippen LogP contribution in [0, 0.1) is 6.92 Å². The average molecular weight is 243 g/mol. The van der Waals surface area contributed by atoms with Gasteiger partial charge < -0.3 is 0 Å². The highest BCUT2D eigenvalue weighted by molar-refractivity contribution is 7.11. The highest BCUT2D eigenvalue weighted by Gasteiger charge is 2.28. The van der Waals surface area contributed by atoms with Gasteiger partial charge in [-0.15, -0.1) is 11.3 Å². The third-order valence-corrected chi connectivity index (χ3v) is 4.36. The highest BCUT2D eigenvalue weighted by Crippen LogP contribution is 2.38. The van der Waals surface area contributed by atoms with Gasteiger partial charge in [-0.05, 0) is 30.4 Å². The van der Waals surface area contributed by atoms with E-state index in [9.17, 15) is 4.79 Å². The fraction of sp³-hybridized carbons (Fsp3) is 0.286. The van der Waals surface area contributed by atoms with Crippen molar-refractivity contribution in [3.05, 3.63) is 51.5 Å². The lowest BCUT2D eigenvalue weighted by atomic mass is 9.75. The number of rotatable bonds is 3. The van der Waals surface area contributed by atoms with Gasteiger partial charge in [0, 0.05) is 6.42 Å². The molecule has 0 bridgehead atoms. The third kappa shape index (κ3) is 1.80. The van der Waals surface area contributed by atoms with E-state index in [0.29, 0.717) is 12.3 Å². The van der Waals surface area contributed by atoms with Crippen LogP contribution in [0.1, 0.15) is 38.8 Å². The van der Waals surface area contributed by atoms with Crippen molar-refractivity contribution in [1.82, 2.24) is 4.98 Å². The molecule has 1 aliphatic rings. The van der Waals surface area contributed by atoms with Crippen LogP contribution in [0.5, 0.6) is 0 Å². The minimum Gasteiger partial charge on any atom is -0.293 e. The van der Waals surface area contributed by atoms with Crippen molar-refractivity contribution in [2.24, 2.45) is 0 Å². The van der Waals surface area contributed by atoms with Gasteiger partial charge in [-0.3, -0.25) is 4.79 Å². The van der Waals surface area contributed by atoms with Gasteiger partial charge >= 0.3 is 0 Å². The largest absolute Gasteiger partial charge is 0.293 e. The number of carbonyl (C=O) groups is 1. The molecule has 0 spiro atoms.